The van der Waals surface area contributed by atoms with Crippen molar-refractivity contribution in [2.75, 3.05) is 13.2 Å². The fourth-order valence-electron chi connectivity index (χ4n) is 8.13. The van der Waals surface area contributed by atoms with Gasteiger partial charge >= 0.3 is 0 Å². The first kappa shape index (κ1) is 23.4. The van der Waals surface area contributed by atoms with Crippen LogP contribution in [-0.4, -0.2) is 50.8 Å². The van der Waals surface area contributed by atoms with E-state index in [9.17, 15) is 9.59 Å². The van der Waals surface area contributed by atoms with Gasteiger partial charge in [-0.05, 0) is 68.2 Å². The monoisotopic (exact) mass is 500 g/mol. The van der Waals surface area contributed by atoms with E-state index in [1.54, 1.807) is 18.3 Å². The lowest BCUT2D eigenvalue weighted by Crippen LogP contribution is -2.62. The van der Waals surface area contributed by atoms with Crippen molar-refractivity contribution in [3.63, 3.8) is 0 Å². The summed E-state index contributed by atoms with van der Waals surface area (Å²) in [6.45, 7) is 1.48. The van der Waals surface area contributed by atoms with Crippen LogP contribution >= 0.6 is 0 Å². The second-order valence-corrected chi connectivity index (χ2v) is 11.8. The van der Waals surface area contributed by atoms with Crippen molar-refractivity contribution < 1.29 is 4.74 Å². The fourth-order valence-corrected chi connectivity index (χ4v) is 8.13. The molecule has 4 bridgehead atoms. The first-order valence-corrected chi connectivity index (χ1v) is 14.2. The second-order valence-electron chi connectivity index (χ2n) is 11.8. The Morgan fingerprint density at radius 1 is 0.811 bits per heavy atom. The van der Waals surface area contributed by atoms with E-state index in [0.717, 1.165) is 48.9 Å². The number of aromatic nitrogens is 3. The van der Waals surface area contributed by atoms with Crippen molar-refractivity contribution in [1.29, 1.82) is 0 Å². The SMILES string of the molecule is O=c1[nH]cccc1-c1nc2ccccc2n([C@H]2C[C@H]3COC[C@@H](C2)N3[C@@H]2C[C@@H]3CCCC[C@@H](C3)C2)c1=O. The molecule has 1 aromatic carbocycles. The molecule has 4 aliphatic rings. The quantitative estimate of drug-likeness (QED) is 0.572. The average molecular weight is 501 g/mol. The lowest BCUT2D eigenvalue weighted by Gasteiger charge is -2.54. The summed E-state index contributed by atoms with van der Waals surface area (Å²) in [5.41, 5.74) is 1.72. The van der Waals surface area contributed by atoms with Crippen LogP contribution in [0.4, 0.5) is 0 Å². The zero-order valence-electron chi connectivity index (χ0n) is 21.4. The number of nitrogens with zero attached hydrogens (tertiary/aromatic N) is 3. The van der Waals surface area contributed by atoms with Crippen molar-refractivity contribution in [2.45, 2.75) is 82.0 Å². The lowest BCUT2D eigenvalue weighted by atomic mass is 9.75. The molecule has 4 heterocycles. The summed E-state index contributed by atoms with van der Waals surface area (Å²) in [7, 11) is 0. The number of ether oxygens (including phenoxy) is 1. The molecule has 0 radical (unpaired) electrons. The number of piperidine rings is 1. The highest BCUT2D eigenvalue weighted by Gasteiger charge is 2.45. The van der Waals surface area contributed by atoms with Gasteiger partial charge in [0, 0.05) is 30.4 Å². The molecule has 2 saturated carbocycles. The van der Waals surface area contributed by atoms with Gasteiger partial charge in [0.15, 0.2) is 0 Å². The first-order valence-electron chi connectivity index (χ1n) is 14.2. The molecule has 1 N–H and O–H groups in total. The smallest absolute Gasteiger partial charge is 0.278 e. The molecule has 7 heteroatoms. The van der Waals surface area contributed by atoms with E-state index in [-0.39, 0.29) is 22.9 Å². The Morgan fingerprint density at radius 3 is 2.27 bits per heavy atom. The maximum Gasteiger partial charge on any atom is 0.278 e. The normalized spacial score (nSPS) is 32.2. The molecule has 4 fully saturated rings. The molecule has 2 aliphatic heterocycles. The number of H-pyrrole nitrogens is 1. The minimum atomic E-state index is -0.284. The standard InChI is InChI=1S/C30H36N4O3/c35-29-25(8-5-11-31-29)28-30(36)34(27-10-4-3-9-26(27)32-28)22-15-23-17-37-18-24(16-22)33(23)21-13-19-6-1-2-7-20(12-19)14-21/h3-5,8-11,19-24H,1-2,6-7,12-18H2,(H,31,35)/t19-,20+,21-,22-,23-,24+. The van der Waals surface area contributed by atoms with Crippen LogP contribution in [0.5, 0.6) is 0 Å². The Morgan fingerprint density at radius 2 is 1.54 bits per heavy atom. The highest BCUT2D eigenvalue weighted by molar-refractivity contribution is 5.77. The Balaban J connectivity index is 1.26. The Bertz CT molecular complexity index is 1390. The topological polar surface area (TPSA) is 80.2 Å². The average Bonchev–Trinajstić information content (AvgIpc) is 3.07. The van der Waals surface area contributed by atoms with Gasteiger partial charge in [-0.2, -0.15) is 0 Å². The van der Waals surface area contributed by atoms with E-state index >= 15 is 0 Å². The molecule has 2 aliphatic carbocycles. The minimum Gasteiger partial charge on any atom is -0.378 e. The predicted octanol–water partition coefficient (Wildman–Crippen LogP) is 4.52. The number of morpholine rings is 1. The van der Waals surface area contributed by atoms with Crippen LogP contribution in [0.1, 0.15) is 63.8 Å². The van der Waals surface area contributed by atoms with Crippen LogP contribution in [0.15, 0.2) is 52.2 Å². The van der Waals surface area contributed by atoms with Crippen LogP contribution in [-0.2, 0) is 4.74 Å². The maximum absolute atomic E-state index is 14.0. The van der Waals surface area contributed by atoms with Gasteiger partial charge in [0.2, 0.25) is 0 Å². The zero-order valence-corrected chi connectivity index (χ0v) is 21.4. The second kappa shape index (κ2) is 9.52. The largest absolute Gasteiger partial charge is 0.378 e. The summed E-state index contributed by atoms with van der Waals surface area (Å²) < 4.78 is 8.05. The van der Waals surface area contributed by atoms with E-state index in [0.29, 0.717) is 23.7 Å². The molecule has 0 amide bonds. The van der Waals surface area contributed by atoms with Gasteiger partial charge < -0.3 is 14.3 Å². The summed E-state index contributed by atoms with van der Waals surface area (Å²) in [6, 6.07) is 12.6. The number of hydrogen-bond donors (Lipinski definition) is 1. The van der Waals surface area contributed by atoms with Gasteiger partial charge in [-0.3, -0.25) is 14.5 Å². The molecule has 6 atom stereocenters. The van der Waals surface area contributed by atoms with Crippen molar-refractivity contribution >= 4 is 11.0 Å². The van der Waals surface area contributed by atoms with E-state index in [1.165, 1.54) is 44.9 Å². The number of aromatic amines is 1. The molecule has 2 saturated heterocycles. The maximum atomic E-state index is 14.0. The minimum absolute atomic E-state index is 0.0583. The van der Waals surface area contributed by atoms with Crippen molar-refractivity contribution in [1.82, 2.24) is 19.4 Å². The molecule has 3 aromatic rings. The lowest BCUT2D eigenvalue weighted by molar-refractivity contribution is -0.116. The number of rotatable bonds is 3. The predicted molar refractivity (Wildman–Crippen MR) is 144 cm³/mol. The molecule has 0 spiro atoms. The summed E-state index contributed by atoms with van der Waals surface area (Å²) in [6.07, 6.45) is 13.0. The molecule has 37 heavy (non-hydrogen) atoms. The van der Waals surface area contributed by atoms with Crippen LogP contribution in [0, 0.1) is 11.8 Å². The highest BCUT2D eigenvalue weighted by Crippen LogP contribution is 2.45. The van der Waals surface area contributed by atoms with Gasteiger partial charge in [0.05, 0.1) is 29.8 Å². The van der Waals surface area contributed by atoms with Crippen LogP contribution < -0.4 is 11.1 Å². The Kier molecular flexibility index (Phi) is 6.01. The third kappa shape index (κ3) is 4.16. The first-order chi connectivity index (χ1) is 18.2. The molecular formula is C30H36N4O3. The van der Waals surface area contributed by atoms with Gasteiger partial charge in [-0.1, -0.05) is 37.8 Å². The zero-order chi connectivity index (χ0) is 24.9. The van der Waals surface area contributed by atoms with Crippen molar-refractivity contribution in [2.24, 2.45) is 11.8 Å². The van der Waals surface area contributed by atoms with E-state index in [1.807, 2.05) is 28.8 Å². The third-order valence-corrected chi connectivity index (χ3v) is 9.56. The number of fused-ring (bicyclic) bond motifs is 5. The Labute approximate surface area is 216 Å². The van der Waals surface area contributed by atoms with Gasteiger partial charge in [0.25, 0.3) is 11.1 Å². The molecule has 2 aromatic heterocycles. The fraction of sp³-hybridized carbons (Fsp3) is 0.567. The molecule has 194 valence electrons. The third-order valence-electron chi connectivity index (χ3n) is 9.56. The van der Waals surface area contributed by atoms with Gasteiger partial charge in [-0.15, -0.1) is 0 Å². The van der Waals surface area contributed by atoms with E-state index in [2.05, 4.69) is 14.9 Å². The van der Waals surface area contributed by atoms with Crippen LogP contribution in [0.3, 0.4) is 0 Å². The summed E-state index contributed by atoms with van der Waals surface area (Å²) in [5.74, 6) is 1.76. The highest BCUT2D eigenvalue weighted by atomic mass is 16.5. The Hall–Kier alpha value is -2.77. The van der Waals surface area contributed by atoms with Crippen molar-refractivity contribution in [3.05, 3.63) is 63.3 Å². The van der Waals surface area contributed by atoms with E-state index < -0.39 is 0 Å². The van der Waals surface area contributed by atoms with Crippen LogP contribution in [0.2, 0.25) is 0 Å². The van der Waals surface area contributed by atoms with Crippen LogP contribution in [0.25, 0.3) is 22.3 Å². The van der Waals surface area contributed by atoms with Gasteiger partial charge in [0.1, 0.15) is 5.69 Å². The summed E-state index contributed by atoms with van der Waals surface area (Å²) >= 11 is 0. The number of nitrogens with one attached hydrogen (secondary N) is 1. The number of hydrogen-bond acceptors (Lipinski definition) is 5. The molecule has 7 rings (SSSR count). The molecular weight excluding hydrogens is 464 g/mol. The molecule has 0 unspecified atom stereocenters. The number of para-hydroxylation sites is 2. The van der Waals surface area contributed by atoms with Crippen molar-refractivity contribution in [3.8, 4) is 11.3 Å². The number of benzene rings is 1. The number of pyridine rings is 1. The summed E-state index contributed by atoms with van der Waals surface area (Å²) in [5, 5.41) is 0. The molecule has 7 nitrogen and oxygen atoms in total. The van der Waals surface area contributed by atoms with Gasteiger partial charge in [-0.25, -0.2) is 4.98 Å². The van der Waals surface area contributed by atoms with E-state index in [4.69, 9.17) is 4.74 Å². The summed E-state index contributed by atoms with van der Waals surface area (Å²) in [4.78, 5) is 36.8.